The predicted octanol–water partition coefficient (Wildman–Crippen LogP) is -30.0. The summed E-state index contributed by atoms with van der Waals surface area (Å²) in [5.74, 6) is 0. The maximum Gasteiger partial charge on any atom is 1.00 e. The van der Waals surface area contributed by atoms with E-state index >= 15 is 0 Å². The minimum absolute atomic E-state index is 0. The second-order valence-corrected chi connectivity index (χ2v) is 0. The molecule has 0 heterocycles. The topological polar surface area (TPSA) is 0 Å². The molecule has 0 fully saturated rings. The van der Waals surface area contributed by atoms with Crippen molar-refractivity contribution in [2.45, 2.75) is 0 Å². The molecule has 0 spiro atoms. The normalized spacial score (nSPS) is 0. The van der Waals surface area contributed by atoms with Crippen molar-refractivity contribution < 1.29 is 156 Å². The summed E-state index contributed by atoms with van der Waals surface area (Å²) in [5.41, 5.74) is 0. The largest absolute Gasteiger partial charge is 1.00 e. The maximum atomic E-state index is 0. The Hall–Kier alpha value is 4.44. The van der Waals surface area contributed by atoms with E-state index < -0.39 is 0 Å². The van der Waals surface area contributed by atoms with Crippen LogP contribution in [0.4, 0.5) is 0 Å². The van der Waals surface area contributed by atoms with E-state index in [1.807, 2.05) is 0 Å². The summed E-state index contributed by atoms with van der Waals surface area (Å²) in [4.78, 5) is 0. The molecule has 0 N–H and O–H groups in total. The summed E-state index contributed by atoms with van der Waals surface area (Å²) in [6.45, 7) is 0. The first-order valence-corrected chi connectivity index (χ1v) is 0. The van der Waals surface area contributed by atoms with E-state index in [0.717, 1.165) is 0 Å². The van der Waals surface area contributed by atoms with E-state index in [9.17, 15) is 0 Å². The third-order valence-electron chi connectivity index (χ3n) is 0. The summed E-state index contributed by atoms with van der Waals surface area (Å²) in [6.07, 6.45) is 0. The molecule has 0 aliphatic heterocycles. The molecule has 0 aromatic heterocycles. The van der Waals surface area contributed by atoms with Crippen LogP contribution in [0.15, 0.2) is 0 Å². The van der Waals surface area contributed by atoms with Crippen LogP contribution in [0, 0.1) is 0 Å². The molecule has 0 aliphatic carbocycles. The van der Waals surface area contributed by atoms with Gasteiger partial charge in [0.25, 0.3) is 0 Å². The van der Waals surface area contributed by atoms with E-state index in [1.54, 1.807) is 0 Å². The zero-order valence-corrected chi connectivity index (χ0v) is 10.7. The van der Waals surface area contributed by atoms with Gasteiger partial charge in [0.05, 0.1) is 0 Å². The Labute approximate surface area is 154 Å². The van der Waals surface area contributed by atoms with Gasteiger partial charge in [0, 0.05) is 0 Å². The summed E-state index contributed by atoms with van der Waals surface area (Å²) in [6, 6.07) is 0. The minimum Gasteiger partial charge on any atom is -1.00 e. The first-order chi connectivity index (χ1) is 0. The van der Waals surface area contributed by atoms with Crippen molar-refractivity contribution in [1.82, 2.24) is 0 Å². The van der Waals surface area contributed by atoms with Crippen LogP contribution in [0.5, 0.6) is 0 Å². The fraction of sp³-hybridized carbons (Fsp3) is 0. The van der Waals surface area contributed by atoms with Crippen LogP contribution >= 0.6 is 0 Å². The predicted molar refractivity (Wildman–Crippen MR) is 0 cm³/mol. The van der Waals surface area contributed by atoms with Crippen molar-refractivity contribution >= 4 is 0 Å². The van der Waals surface area contributed by atoms with Crippen LogP contribution in [-0.2, 0) is 0 Å². The van der Waals surface area contributed by atoms with Gasteiger partial charge in [-0.1, -0.05) is 0 Å². The smallest absolute Gasteiger partial charge is 1.00 e. The fourth-order valence-corrected chi connectivity index (χ4v) is 0. The quantitative estimate of drug-likeness (QED) is 0.350. The average Bonchev–Trinajstić information content (AvgIpc) is 0. The molecule has 0 rings (SSSR count). The van der Waals surface area contributed by atoms with E-state index in [1.165, 1.54) is 0 Å². The van der Waals surface area contributed by atoms with E-state index in [-0.39, 0.29) is 156 Å². The molecular formula is Cl5Li5. The molecule has 0 bridgehead atoms. The van der Waals surface area contributed by atoms with Crippen molar-refractivity contribution in [3.05, 3.63) is 0 Å². The van der Waals surface area contributed by atoms with Crippen LogP contribution < -0.4 is 156 Å². The Morgan fingerprint density at radius 1 is 0.200 bits per heavy atom. The number of rotatable bonds is 0. The monoisotopic (exact) mass is 210 g/mol. The first-order valence-electron chi connectivity index (χ1n) is 0. The van der Waals surface area contributed by atoms with Crippen molar-refractivity contribution in [2.24, 2.45) is 0 Å². The Balaban J connectivity index is 0. The molecule has 0 aromatic rings. The first kappa shape index (κ1) is 132. The maximum absolute atomic E-state index is 0. The second-order valence-electron chi connectivity index (χ2n) is 0. The minimum atomic E-state index is 0. The number of halogens is 5. The summed E-state index contributed by atoms with van der Waals surface area (Å²) < 4.78 is 0. The van der Waals surface area contributed by atoms with Gasteiger partial charge >= 0.3 is 94.3 Å². The van der Waals surface area contributed by atoms with E-state index in [4.69, 9.17) is 0 Å². The zero-order valence-electron chi connectivity index (χ0n) is 6.89. The van der Waals surface area contributed by atoms with Crippen molar-refractivity contribution in [1.29, 1.82) is 0 Å². The van der Waals surface area contributed by atoms with Gasteiger partial charge in [-0.15, -0.1) is 0 Å². The third kappa shape index (κ3) is 82.6. The average molecular weight is 212 g/mol. The second kappa shape index (κ2) is 106. The van der Waals surface area contributed by atoms with Gasteiger partial charge in [0.2, 0.25) is 0 Å². The number of hydrogen-bond acceptors (Lipinski definition) is 0. The molecular weight excluding hydrogens is 212 g/mol. The van der Waals surface area contributed by atoms with Crippen LogP contribution in [0.3, 0.4) is 0 Å². The molecule has 0 radical (unpaired) electrons. The Morgan fingerprint density at radius 2 is 0.200 bits per heavy atom. The third-order valence-corrected chi connectivity index (χ3v) is 0. The van der Waals surface area contributed by atoms with E-state index in [2.05, 4.69) is 0 Å². The van der Waals surface area contributed by atoms with Crippen LogP contribution in [0.1, 0.15) is 0 Å². The van der Waals surface area contributed by atoms with Gasteiger partial charge in [-0.05, 0) is 0 Å². The number of hydrogen-bond donors (Lipinski definition) is 0. The van der Waals surface area contributed by atoms with Crippen molar-refractivity contribution in [3.63, 3.8) is 0 Å². The standard InChI is InChI=1S/5ClH.5Li/h5*1H;;;;;/q;;;;;5*+1/p-5. The summed E-state index contributed by atoms with van der Waals surface area (Å²) in [7, 11) is 0. The molecule has 0 nitrogen and oxygen atoms in total. The van der Waals surface area contributed by atoms with Crippen molar-refractivity contribution in [3.8, 4) is 0 Å². The molecule has 0 atom stereocenters. The molecule has 10 heavy (non-hydrogen) atoms. The Morgan fingerprint density at radius 3 is 0.200 bits per heavy atom. The molecule has 0 saturated carbocycles. The molecule has 0 unspecified atom stereocenters. The van der Waals surface area contributed by atoms with Gasteiger partial charge in [0.15, 0.2) is 0 Å². The Bertz CT molecular complexity index is 10.0. The van der Waals surface area contributed by atoms with Gasteiger partial charge in [-0.3, -0.25) is 0 Å². The van der Waals surface area contributed by atoms with Gasteiger partial charge in [0.1, 0.15) is 0 Å². The molecule has 0 saturated heterocycles. The molecule has 0 aliphatic rings. The van der Waals surface area contributed by atoms with Gasteiger partial charge in [-0.2, -0.15) is 0 Å². The SMILES string of the molecule is [Cl-].[Cl-].[Cl-].[Cl-].[Cl-].[Li+].[Li+].[Li+].[Li+].[Li+]. The molecule has 10 heteroatoms. The summed E-state index contributed by atoms with van der Waals surface area (Å²) in [5, 5.41) is 0. The Kier molecular flexibility index (Phi) is 1400. The van der Waals surface area contributed by atoms with Crippen LogP contribution in [-0.4, -0.2) is 0 Å². The fourth-order valence-electron chi connectivity index (χ4n) is 0. The van der Waals surface area contributed by atoms with Crippen LogP contribution in [0.2, 0.25) is 0 Å². The molecule has 40 valence electrons. The van der Waals surface area contributed by atoms with Crippen LogP contribution in [0.25, 0.3) is 0 Å². The van der Waals surface area contributed by atoms with E-state index in [0.29, 0.717) is 0 Å². The molecule has 0 amide bonds. The molecule has 0 aromatic carbocycles. The van der Waals surface area contributed by atoms with Gasteiger partial charge < -0.3 is 62.0 Å². The zero-order chi connectivity index (χ0) is 0. The summed E-state index contributed by atoms with van der Waals surface area (Å²) >= 11 is 0. The van der Waals surface area contributed by atoms with Gasteiger partial charge in [-0.25, -0.2) is 0 Å². The van der Waals surface area contributed by atoms with Crippen molar-refractivity contribution in [2.75, 3.05) is 0 Å².